The Morgan fingerprint density at radius 1 is 1.56 bits per heavy atom. The zero-order chi connectivity index (χ0) is 11.5. The van der Waals surface area contributed by atoms with E-state index < -0.39 is 0 Å². The molecule has 1 aromatic rings. The van der Waals surface area contributed by atoms with Crippen LogP contribution < -0.4 is 10.6 Å². The average Bonchev–Trinajstić information content (AvgIpc) is 2.67. The van der Waals surface area contributed by atoms with Gasteiger partial charge in [-0.3, -0.25) is 0 Å². The van der Waals surface area contributed by atoms with E-state index in [4.69, 9.17) is 22.1 Å². The van der Waals surface area contributed by atoms with Crippen LogP contribution in [0.15, 0.2) is 18.2 Å². The van der Waals surface area contributed by atoms with E-state index >= 15 is 0 Å². The van der Waals surface area contributed by atoms with E-state index in [0.717, 1.165) is 37.5 Å². The van der Waals surface area contributed by atoms with E-state index in [9.17, 15) is 0 Å². The topological polar surface area (TPSA) is 38.5 Å². The predicted molar refractivity (Wildman–Crippen MR) is 68.1 cm³/mol. The maximum Gasteiger partial charge on any atom is 0.0601 e. The Hall–Kier alpha value is -0.930. The first-order valence-corrected chi connectivity index (χ1v) is 5.87. The van der Waals surface area contributed by atoms with Crippen molar-refractivity contribution >= 4 is 23.0 Å². The van der Waals surface area contributed by atoms with E-state index in [0.29, 0.717) is 10.9 Å². The minimum Gasteiger partial charge on any atom is -0.397 e. The summed E-state index contributed by atoms with van der Waals surface area (Å²) in [6.45, 7) is 2.88. The molecule has 2 N–H and O–H groups in total. The van der Waals surface area contributed by atoms with Crippen molar-refractivity contribution in [1.82, 2.24) is 0 Å². The molecule has 1 saturated heterocycles. The summed E-state index contributed by atoms with van der Waals surface area (Å²) in [5.74, 6) is 0.611. The van der Waals surface area contributed by atoms with Crippen LogP contribution in [0.4, 0.5) is 11.4 Å². The van der Waals surface area contributed by atoms with Gasteiger partial charge in [-0.2, -0.15) is 0 Å². The van der Waals surface area contributed by atoms with Crippen molar-refractivity contribution in [2.24, 2.45) is 5.92 Å². The summed E-state index contributed by atoms with van der Waals surface area (Å²) in [6, 6.07) is 5.68. The van der Waals surface area contributed by atoms with Gasteiger partial charge < -0.3 is 15.4 Å². The van der Waals surface area contributed by atoms with E-state index in [2.05, 4.69) is 4.90 Å². The lowest BCUT2D eigenvalue weighted by molar-refractivity contribution is 0.161. The molecule has 1 aliphatic heterocycles. The molecular formula is C12H17ClN2O. The van der Waals surface area contributed by atoms with Crippen LogP contribution in [0.2, 0.25) is 5.02 Å². The van der Waals surface area contributed by atoms with Crippen molar-refractivity contribution in [3.63, 3.8) is 0 Å². The highest BCUT2D eigenvalue weighted by molar-refractivity contribution is 6.31. The molecule has 0 spiro atoms. The number of nitrogens with zero attached hydrogens (tertiary/aromatic N) is 1. The number of ether oxygens (including phenoxy) is 1. The number of anilines is 2. The molecular weight excluding hydrogens is 224 g/mol. The van der Waals surface area contributed by atoms with E-state index in [1.54, 1.807) is 13.2 Å². The van der Waals surface area contributed by atoms with Crippen molar-refractivity contribution in [2.75, 3.05) is 37.4 Å². The molecule has 1 fully saturated rings. The van der Waals surface area contributed by atoms with Crippen LogP contribution in [0.5, 0.6) is 0 Å². The van der Waals surface area contributed by atoms with Gasteiger partial charge in [-0.25, -0.2) is 0 Å². The molecule has 0 aromatic heterocycles. The molecule has 3 nitrogen and oxygen atoms in total. The molecule has 0 bridgehead atoms. The van der Waals surface area contributed by atoms with E-state index in [1.807, 2.05) is 12.1 Å². The summed E-state index contributed by atoms with van der Waals surface area (Å²) >= 11 is 5.88. The number of halogens is 1. The van der Waals surface area contributed by atoms with E-state index in [-0.39, 0.29) is 0 Å². The van der Waals surface area contributed by atoms with Crippen LogP contribution in [-0.4, -0.2) is 26.8 Å². The fraction of sp³-hybridized carbons (Fsp3) is 0.500. The molecule has 88 valence electrons. The van der Waals surface area contributed by atoms with Gasteiger partial charge >= 0.3 is 0 Å². The average molecular weight is 241 g/mol. The molecule has 0 amide bonds. The smallest absolute Gasteiger partial charge is 0.0601 e. The summed E-state index contributed by atoms with van der Waals surface area (Å²) < 4.78 is 5.18. The molecule has 1 aromatic carbocycles. The standard InChI is InChI=1S/C12H17ClN2O/c1-16-8-9-4-5-15(7-9)12-3-2-10(13)6-11(12)14/h2-3,6,9H,4-5,7-8,14H2,1H3. The molecule has 1 unspecified atom stereocenters. The Kier molecular flexibility index (Phi) is 3.56. The van der Waals surface area contributed by atoms with Gasteiger partial charge in [0.1, 0.15) is 0 Å². The molecule has 16 heavy (non-hydrogen) atoms. The number of hydrogen-bond donors (Lipinski definition) is 1. The first kappa shape index (κ1) is 11.6. The maximum absolute atomic E-state index is 5.96. The Morgan fingerprint density at radius 3 is 3.06 bits per heavy atom. The lowest BCUT2D eigenvalue weighted by Crippen LogP contribution is -2.21. The van der Waals surface area contributed by atoms with Gasteiger partial charge in [-0.05, 0) is 24.6 Å². The highest BCUT2D eigenvalue weighted by Gasteiger charge is 2.23. The summed E-state index contributed by atoms with van der Waals surface area (Å²) in [6.07, 6.45) is 1.16. The van der Waals surface area contributed by atoms with Crippen molar-refractivity contribution in [1.29, 1.82) is 0 Å². The number of hydrogen-bond acceptors (Lipinski definition) is 3. The van der Waals surface area contributed by atoms with Crippen molar-refractivity contribution in [3.05, 3.63) is 23.2 Å². The SMILES string of the molecule is COCC1CCN(c2ccc(Cl)cc2N)C1. The molecule has 1 aliphatic rings. The molecule has 2 rings (SSSR count). The third-order valence-electron chi connectivity index (χ3n) is 3.02. The second-order valence-corrected chi connectivity index (χ2v) is 4.70. The molecule has 0 saturated carbocycles. The van der Waals surface area contributed by atoms with Crippen LogP contribution in [0.1, 0.15) is 6.42 Å². The lowest BCUT2D eigenvalue weighted by Gasteiger charge is -2.20. The summed E-state index contributed by atoms with van der Waals surface area (Å²) in [5, 5.41) is 0.689. The monoisotopic (exact) mass is 240 g/mol. The molecule has 0 aliphatic carbocycles. The number of nitrogens with two attached hydrogens (primary N) is 1. The van der Waals surface area contributed by atoms with Gasteiger partial charge in [0.15, 0.2) is 0 Å². The van der Waals surface area contributed by atoms with Crippen LogP contribution >= 0.6 is 11.6 Å². The first-order chi connectivity index (χ1) is 7.70. The highest BCUT2D eigenvalue weighted by Crippen LogP contribution is 2.30. The van der Waals surface area contributed by atoms with Crippen LogP contribution in [0, 0.1) is 5.92 Å². The van der Waals surface area contributed by atoms with Crippen LogP contribution in [-0.2, 0) is 4.74 Å². The maximum atomic E-state index is 5.96. The fourth-order valence-corrected chi connectivity index (χ4v) is 2.42. The van der Waals surface area contributed by atoms with Crippen molar-refractivity contribution < 1.29 is 4.74 Å². The van der Waals surface area contributed by atoms with Gasteiger partial charge in [0.25, 0.3) is 0 Å². The molecule has 1 heterocycles. The third kappa shape index (κ3) is 2.42. The van der Waals surface area contributed by atoms with Gasteiger partial charge in [0.05, 0.1) is 18.0 Å². The van der Waals surface area contributed by atoms with Crippen molar-refractivity contribution in [2.45, 2.75) is 6.42 Å². The number of benzene rings is 1. The Balaban J connectivity index is 2.08. The van der Waals surface area contributed by atoms with E-state index in [1.165, 1.54) is 0 Å². The highest BCUT2D eigenvalue weighted by atomic mass is 35.5. The minimum absolute atomic E-state index is 0.611. The van der Waals surface area contributed by atoms with Crippen LogP contribution in [0.3, 0.4) is 0 Å². The first-order valence-electron chi connectivity index (χ1n) is 5.49. The number of methoxy groups -OCH3 is 1. The van der Waals surface area contributed by atoms with Gasteiger partial charge in [-0.1, -0.05) is 11.6 Å². The summed E-state index contributed by atoms with van der Waals surface area (Å²) in [5.41, 5.74) is 7.80. The Labute approximate surface area is 101 Å². The quantitative estimate of drug-likeness (QED) is 0.825. The molecule has 1 atom stereocenters. The van der Waals surface area contributed by atoms with Crippen molar-refractivity contribution in [3.8, 4) is 0 Å². The summed E-state index contributed by atoms with van der Waals surface area (Å²) in [4.78, 5) is 2.30. The Bertz CT molecular complexity index is 370. The second-order valence-electron chi connectivity index (χ2n) is 4.26. The van der Waals surface area contributed by atoms with Gasteiger partial charge in [-0.15, -0.1) is 0 Å². The third-order valence-corrected chi connectivity index (χ3v) is 3.25. The molecule has 0 radical (unpaired) electrons. The number of nitrogen functional groups attached to an aromatic ring is 1. The minimum atomic E-state index is 0.611. The zero-order valence-electron chi connectivity index (χ0n) is 9.45. The normalized spacial score (nSPS) is 20.4. The summed E-state index contributed by atoms with van der Waals surface area (Å²) in [7, 11) is 1.75. The Morgan fingerprint density at radius 2 is 2.38 bits per heavy atom. The second kappa shape index (κ2) is 4.93. The van der Waals surface area contributed by atoms with Gasteiger partial charge in [0, 0.05) is 31.1 Å². The predicted octanol–water partition coefficient (Wildman–Crippen LogP) is 2.39. The fourth-order valence-electron chi connectivity index (χ4n) is 2.24. The number of rotatable bonds is 3. The van der Waals surface area contributed by atoms with Crippen LogP contribution in [0.25, 0.3) is 0 Å². The molecule has 4 heteroatoms. The lowest BCUT2D eigenvalue weighted by atomic mass is 10.1. The van der Waals surface area contributed by atoms with Gasteiger partial charge in [0.2, 0.25) is 0 Å². The largest absolute Gasteiger partial charge is 0.397 e. The zero-order valence-corrected chi connectivity index (χ0v) is 10.2.